The Balaban J connectivity index is 0.00000288. The molecule has 7 heteroatoms. The summed E-state index contributed by atoms with van der Waals surface area (Å²) in [6, 6.07) is 7.83. The van der Waals surface area contributed by atoms with Crippen molar-refractivity contribution in [2.24, 2.45) is 4.99 Å². The van der Waals surface area contributed by atoms with E-state index < -0.39 is 11.6 Å². The molecule has 2 N–H and O–H groups in total. The van der Waals surface area contributed by atoms with Crippen molar-refractivity contribution < 1.29 is 8.78 Å². The first-order valence-electron chi connectivity index (χ1n) is 7.44. The van der Waals surface area contributed by atoms with Gasteiger partial charge in [-0.15, -0.1) is 35.3 Å². The predicted molar refractivity (Wildman–Crippen MR) is 107 cm³/mol. The van der Waals surface area contributed by atoms with Gasteiger partial charge in [-0.1, -0.05) is 0 Å². The van der Waals surface area contributed by atoms with Crippen LogP contribution >= 0.6 is 35.3 Å². The number of nitrogens with zero attached hydrogens (tertiary/aromatic N) is 1. The van der Waals surface area contributed by atoms with Crippen LogP contribution < -0.4 is 10.6 Å². The van der Waals surface area contributed by atoms with E-state index in [9.17, 15) is 8.78 Å². The lowest BCUT2D eigenvalue weighted by atomic mass is 10.2. The van der Waals surface area contributed by atoms with Crippen LogP contribution in [0.25, 0.3) is 0 Å². The number of aryl methyl sites for hydroxylation is 1. The Kier molecular flexibility index (Phi) is 8.61. The Morgan fingerprint density at radius 1 is 1.25 bits per heavy atom. The normalized spacial score (nSPS) is 12.5. The molecule has 3 nitrogen and oxygen atoms in total. The summed E-state index contributed by atoms with van der Waals surface area (Å²) in [5, 5.41) is 6.27. The van der Waals surface area contributed by atoms with Crippen molar-refractivity contribution in [1.29, 1.82) is 0 Å². The molecule has 0 aliphatic heterocycles. The Bertz CT molecular complexity index is 688. The zero-order valence-electron chi connectivity index (χ0n) is 13.9. The van der Waals surface area contributed by atoms with Crippen molar-refractivity contribution in [3.8, 4) is 0 Å². The van der Waals surface area contributed by atoms with Gasteiger partial charge in [0.05, 0.1) is 0 Å². The van der Waals surface area contributed by atoms with Gasteiger partial charge in [0.15, 0.2) is 5.96 Å². The van der Waals surface area contributed by atoms with Crippen LogP contribution in [0.3, 0.4) is 0 Å². The average molecular weight is 465 g/mol. The van der Waals surface area contributed by atoms with E-state index in [4.69, 9.17) is 0 Å². The van der Waals surface area contributed by atoms with Crippen LogP contribution in [-0.2, 0) is 13.0 Å². The number of benzene rings is 1. The minimum Gasteiger partial charge on any atom is -0.354 e. The highest BCUT2D eigenvalue weighted by molar-refractivity contribution is 14.0. The quantitative estimate of drug-likeness (QED) is 0.394. The first-order valence-corrected chi connectivity index (χ1v) is 8.26. The van der Waals surface area contributed by atoms with Gasteiger partial charge in [-0.05, 0) is 44.2 Å². The lowest BCUT2D eigenvalue weighted by Crippen LogP contribution is -2.42. The van der Waals surface area contributed by atoms with Gasteiger partial charge < -0.3 is 10.6 Å². The summed E-state index contributed by atoms with van der Waals surface area (Å²) in [5.41, 5.74) is 0.273. The van der Waals surface area contributed by atoms with E-state index in [-0.39, 0.29) is 42.1 Å². The monoisotopic (exact) mass is 465 g/mol. The Morgan fingerprint density at radius 3 is 2.62 bits per heavy atom. The number of thiophene rings is 1. The van der Waals surface area contributed by atoms with Crippen molar-refractivity contribution in [1.82, 2.24) is 10.6 Å². The Labute approximate surface area is 162 Å². The molecule has 1 heterocycles. The summed E-state index contributed by atoms with van der Waals surface area (Å²) in [6.45, 7) is 4.32. The van der Waals surface area contributed by atoms with Crippen molar-refractivity contribution >= 4 is 41.3 Å². The van der Waals surface area contributed by atoms with Crippen LogP contribution in [0.4, 0.5) is 8.78 Å². The van der Waals surface area contributed by atoms with Crippen molar-refractivity contribution in [2.45, 2.75) is 32.9 Å². The molecule has 132 valence electrons. The van der Waals surface area contributed by atoms with E-state index in [1.54, 1.807) is 18.4 Å². The third kappa shape index (κ3) is 6.35. The molecular weight excluding hydrogens is 443 g/mol. The second-order valence-electron chi connectivity index (χ2n) is 5.42. The second kappa shape index (κ2) is 9.93. The van der Waals surface area contributed by atoms with Gasteiger partial charge in [-0.25, -0.2) is 8.78 Å². The molecule has 1 aromatic heterocycles. The van der Waals surface area contributed by atoms with Gasteiger partial charge in [-0.3, -0.25) is 4.99 Å². The highest BCUT2D eigenvalue weighted by Crippen LogP contribution is 2.16. The van der Waals surface area contributed by atoms with Crippen molar-refractivity contribution in [3.05, 3.63) is 57.3 Å². The molecule has 0 bridgehead atoms. The van der Waals surface area contributed by atoms with Crippen molar-refractivity contribution in [3.63, 3.8) is 0 Å². The van der Waals surface area contributed by atoms with Crippen LogP contribution in [-0.4, -0.2) is 19.0 Å². The standard InChI is InChI=1S/C17H21F2N3S.HI/c1-11(8-15-6-4-12(2)23-15)22-17(20-3)21-10-13-9-14(18)5-7-16(13)19;/h4-7,9,11H,8,10H2,1-3H3,(H2,20,21,22);1H. The van der Waals surface area contributed by atoms with Gasteiger partial charge >= 0.3 is 0 Å². The number of rotatable bonds is 5. The van der Waals surface area contributed by atoms with Gasteiger partial charge in [0.2, 0.25) is 0 Å². The van der Waals surface area contributed by atoms with E-state index in [0.29, 0.717) is 5.96 Å². The van der Waals surface area contributed by atoms with Gasteiger partial charge in [0.1, 0.15) is 11.6 Å². The fourth-order valence-electron chi connectivity index (χ4n) is 2.23. The molecule has 0 fully saturated rings. The lowest BCUT2D eigenvalue weighted by molar-refractivity contribution is 0.579. The molecule has 1 atom stereocenters. The molecule has 1 unspecified atom stereocenters. The molecule has 0 spiro atoms. The van der Waals surface area contributed by atoms with E-state index in [1.807, 2.05) is 0 Å². The fraction of sp³-hybridized carbons (Fsp3) is 0.353. The maximum Gasteiger partial charge on any atom is 0.191 e. The molecule has 0 saturated carbocycles. The molecule has 0 aliphatic rings. The first-order chi connectivity index (χ1) is 11.0. The SMILES string of the molecule is CN=C(NCc1cc(F)ccc1F)NC(C)Cc1ccc(C)s1.I. The predicted octanol–water partition coefficient (Wildman–Crippen LogP) is 4.25. The highest BCUT2D eigenvalue weighted by Gasteiger charge is 2.09. The Morgan fingerprint density at radius 2 is 2.00 bits per heavy atom. The second-order valence-corrected chi connectivity index (χ2v) is 6.80. The maximum atomic E-state index is 13.6. The summed E-state index contributed by atoms with van der Waals surface area (Å²) >= 11 is 1.77. The van der Waals surface area contributed by atoms with Crippen molar-refractivity contribution in [2.75, 3.05) is 7.05 Å². The van der Waals surface area contributed by atoms with Crippen LogP contribution in [0.1, 0.15) is 22.2 Å². The summed E-state index contributed by atoms with van der Waals surface area (Å²) < 4.78 is 26.8. The zero-order chi connectivity index (χ0) is 16.8. The van der Waals surface area contributed by atoms with E-state index in [1.165, 1.54) is 15.8 Å². The lowest BCUT2D eigenvalue weighted by Gasteiger charge is -2.17. The molecule has 0 saturated heterocycles. The minimum atomic E-state index is -0.451. The molecule has 2 rings (SSSR count). The highest BCUT2D eigenvalue weighted by atomic mass is 127. The first kappa shape index (κ1) is 20.8. The number of halogens is 3. The molecule has 1 aromatic carbocycles. The van der Waals surface area contributed by atoms with E-state index >= 15 is 0 Å². The summed E-state index contributed by atoms with van der Waals surface area (Å²) in [4.78, 5) is 6.71. The summed E-state index contributed by atoms with van der Waals surface area (Å²) in [6.07, 6.45) is 0.882. The number of aliphatic imine (C=N–C) groups is 1. The van der Waals surface area contributed by atoms with Crippen LogP contribution in [0.15, 0.2) is 35.3 Å². The topological polar surface area (TPSA) is 36.4 Å². The van der Waals surface area contributed by atoms with Crippen LogP contribution in [0.5, 0.6) is 0 Å². The number of hydrogen-bond acceptors (Lipinski definition) is 2. The molecule has 2 aromatic rings. The third-order valence-electron chi connectivity index (χ3n) is 3.36. The van der Waals surface area contributed by atoms with Gasteiger partial charge in [0.25, 0.3) is 0 Å². The number of guanidine groups is 1. The smallest absolute Gasteiger partial charge is 0.191 e. The molecule has 0 amide bonds. The maximum absolute atomic E-state index is 13.6. The van der Waals surface area contributed by atoms with E-state index in [0.717, 1.165) is 18.6 Å². The van der Waals surface area contributed by atoms with Crippen LogP contribution in [0.2, 0.25) is 0 Å². The molecule has 24 heavy (non-hydrogen) atoms. The van der Waals surface area contributed by atoms with Gasteiger partial charge in [-0.2, -0.15) is 0 Å². The van der Waals surface area contributed by atoms with E-state index in [2.05, 4.69) is 41.6 Å². The van der Waals surface area contributed by atoms with Crippen LogP contribution in [0, 0.1) is 18.6 Å². The average Bonchev–Trinajstić information content (AvgIpc) is 2.91. The third-order valence-corrected chi connectivity index (χ3v) is 4.39. The molecule has 0 aliphatic carbocycles. The largest absolute Gasteiger partial charge is 0.354 e. The fourth-order valence-corrected chi connectivity index (χ4v) is 3.25. The zero-order valence-corrected chi connectivity index (χ0v) is 17.0. The molecule has 0 radical (unpaired) electrons. The summed E-state index contributed by atoms with van der Waals surface area (Å²) in [5.74, 6) is -0.321. The Hall–Kier alpha value is -1.22. The molecular formula is C17H22F2IN3S. The number of hydrogen-bond donors (Lipinski definition) is 2. The summed E-state index contributed by atoms with van der Waals surface area (Å²) in [7, 11) is 1.65. The van der Waals surface area contributed by atoms with Gasteiger partial charge in [0, 0.05) is 41.4 Å². The minimum absolute atomic E-state index is 0. The number of nitrogens with one attached hydrogen (secondary N) is 2.